The zero-order chi connectivity index (χ0) is 21.3. The molecular formula is C24H23N3O2S2. The smallest absolute Gasteiger partial charge is 0.236 e. The molecule has 1 fully saturated rings. The predicted molar refractivity (Wildman–Crippen MR) is 129 cm³/mol. The van der Waals surface area contributed by atoms with Gasteiger partial charge in [0, 0.05) is 23.5 Å². The van der Waals surface area contributed by atoms with E-state index in [1.165, 1.54) is 5.56 Å². The molecule has 1 atom stereocenters. The van der Waals surface area contributed by atoms with E-state index in [9.17, 15) is 8.42 Å². The number of nitrogens with zero attached hydrogens (tertiary/aromatic N) is 2. The summed E-state index contributed by atoms with van der Waals surface area (Å²) in [5.41, 5.74) is 4.61. The van der Waals surface area contributed by atoms with Crippen LogP contribution in [0.1, 0.15) is 12.0 Å². The highest BCUT2D eigenvalue weighted by atomic mass is 32.2. The van der Waals surface area contributed by atoms with Crippen molar-refractivity contribution in [3.63, 3.8) is 0 Å². The van der Waals surface area contributed by atoms with Crippen LogP contribution in [0.15, 0.2) is 78.9 Å². The van der Waals surface area contributed by atoms with E-state index in [0.717, 1.165) is 28.2 Å². The van der Waals surface area contributed by atoms with Crippen molar-refractivity contribution in [1.29, 1.82) is 0 Å². The topological polar surface area (TPSA) is 64.0 Å². The van der Waals surface area contributed by atoms with E-state index in [-0.39, 0.29) is 5.25 Å². The lowest BCUT2D eigenvalue weighted by Gasteiger charge is -2.14. The van der Waals surface area contributed by atoms with E-state index in [2.05, 4.69) is 27.5 Å². The number of imidazole rings is 1. The fourth-order valence-corrected chi connectivity index (χ4v) is 7.20. The lowest BCUT2D eigenvalue weighted by molar-refractivity contribution is 0.589. The van der Waals surface area contributed by atoms with Gasteiger partial charge in [0.25, 0.3) is 0 Å². The van der Waals surface area contributed by atoms with Crippen LogP contribution in [-0.2, 0) is 16.6 Å². The number of anilines is 1. The Balaban J connectivity index is 1.53. The maximum atomic E-state index is 12.8. The average Bonchev–Trinajstić information content (AvgIpc) is 3.44. The number of hydrogen-bond acceptors (Lipinski definition) is 4. The minimum absolute atomic E-state index is 0.330. The molecule has 0 saturated carbocycles. The van der Waals surface area contributed by atoms with Crippen molar-refractivity contribution in [2.75, 3.05) is 16.2 Å². The van der Waals surface area contributed by atoms with Crippen molar-refractivity contribution in [3.05, 3.63) is 84.4 Å². The summed E-state index contributed by atoms with van der Waals surface area (Å²) < 4.78 is 30.5. The third kappa shape index (κ3) is 4.20. The highest BCUT2D eigenvalue weighted by Gasteiger charge is 2.29. The normalized spacial score (nSPS) is 16.6. The highest BCUT2D eigenvalue weighted by molar-refractivity contribution is 8.01. The number of sulfonamides is 1. The van der Waals surface area contributed by atoms with Crippen molar-refractivity contribution < 1.29 is 8.42 Å². The quantitative estimate of drug-likeness (QED) is 0.450. The Morgan fingerprint density at radius 1 is 1.00 bits per heavy atom. The van der Waals surface area contributed by atoms with Crippen molar-refractivity contribution in [3.8, 4) is 11.4 Å². The van der Waals surface area contributed by atoms with E-state index in [1.807, 2.05) is 54.6 Å². The monoisotopic (exact) mass is 449 g/mol. The molecule has 5 rings (SSSR count). The van der Waals surface area contributed by atoms with Gasteiger partial charge >= 0.3 is 0 Å². The van der Waals surface area contributed by atoms with Crippen molar-refractivity contribution >= 4 is 38.5 Å². The van der Waals surface area contributed by atoms with Gasteiger partial charge in [-0.3, -0.25) is 4.72 Å². The Morgan fingerprint density at radius 2 is 1.81 bits per heavy atom. The van der Waals surface area contributed by atoms with Gasteiger partial charge in [0.15, 0.2) is 0 Å². The number of nitrogens with one attached hydrogen (secondary N) is 1. The fraction of sp³-hybridized carbons (Fsp3) is 0.208. The van der Waals surface area contributed by atoms with Gasteiger partial charge in [0.05, 0.1) is 16.3 Å². The third-order valence-electron chi connectivity index (χ3n) is 5.55. The SMILES string of the molecule is O=S(=O)(Nc1cccc(-c2nc3ccccc3n2Cc2ccccc2)c1)C1CCSC1. The zero-order valence-electron chi connectivity index (χ0n) is 16.9. The first-order chi connectivity index (χ1) is 15.1. The number of hydrogen-bond donors (Lipinski definition) is 1. The Bertz CT molecular complexity index is 1310. The molecule has 3 aromatic carbocycles. The predicted octanol–water partition coefficient (Wildman–Crippen LogP) is 5.00. The maximum absolute atomic E-state index is 12.8. The van der Waals surface area contributed by atoms with Gasteiger partial charge in [-0.25, -0.2) is 13.4 Å². The Morgan fingerprint density at radius 3 is 2.61 bits per heavy atom. The molecule has 0 amide bonds. The lowest BCUT2D eigenvalue weighted by Crippen LogP contribution is -2.27. The molecule has 1 saturated heterocycles. The van der Waals surface area contributed by atoms with Crippen LogP contribution in [0.25, 0.3) is 22.4 Å². The van der Waals surface area contributed by atoms with Gasteiger partial charge in [-0.2, -0.15) is 11.8 Å². The summed E-state index contributed by atoms with van der Waals surface area (Å²) in [6, 6.07) is 25.9. The second-order valence-electron chi connectivity index (χ2n) is 7.71. The first kappa shape index (κ1) is 20.2. The molecule has 0 radical (unpaired) electrons. The van der Waals surface area contributed by atoms with Crippen LogP contribution in [0.3, 0.4) is 0 Å². The van der Waals surface area contributed by atoms with Gasteiger partial charge in [0.2, 0.25) is 10.0 Å². The standard InChI is InChI=1S/C24H23N3O2S2/c28-31(29,21-13-14-30-17-21)26-20-10-6-9-19(15-20)24-25-22-11-4-5-12-23(22)27(24)16-18-7-2-1-3-8-18/h1-12,15,21,26H,13-14,16-17H2. The molecule has 5 nitrogen and oxygen atoms in total. The summed E-state index contributed by atoms with van der Waals surface area (Å²) in [4.78, 5) is 4.88. The molecule has 1 unspecified atom stereocenters. The Hall–Kier alpha value is -2.77. The minimum Gasteiger partial charge on any atom is -0.319 e. The molecule has 158 valence electrons. The minimum atomic E-state index is -3.39. The number of fused-ring (bicyclic) bond motifs is 1. The van der Waals surface area contributed by atoms with E-state index in [0.29, 0.717) is 24.4 Å². The van der Waals surface area contributed by atoms with Gasteiger partial charge in [-0.1, -0.05) is 54.6 Å². The number of thioether (sulfide) groups is 1. The average molecular weight is 450 g/mol. The summed E-state index contributed by atoms with van der Waals surface area (Å²) in [6.07, 6.45) is 0.701. The van der Waals surface area contributed by atoms with Gasteiger partial charge in [-0.05, 0) is 42.0 Å². The Kier molecular flexibility index (Phi) is 5.46. The molecule has 0 aliphatic carbocycles. The molecule has 1 aliphatic rings. The number of benzene rings is 3. The molecule has 4 aromatic rings. The molecule has 0 bridgehead atoms. The highest BCUT2D eigenvalue weighted by Crippen LogP contribution is 2.29. The second-order valence-corrected chi connectivity index (χ2v) is 10.8. The summed E-state index contributed by atoms with van der Waals surface area (Å²) in [6.45, 7) is 0.686. The van der Waals surface area contributed by atoms with Crippen molar-refractivity contribution in [2.45, 2.75) is 18.2 Å². The van der Waals surface area contributed by atoms with Crippen LogP contribution in [0.2, 0.25) is 0 Å². The number of rotatable bonds is 6. The van der Waals surface area contributed by atoms with E-state index < -0.39 is 10.0 Å². The number of aromatic nitrogens is 2. The molecular weight excluding hydrogens is 426 g/mol. The van der Waals surface area contributed by atoms with E-state index in [1.54, 1.807) is 17.8 Å². The molecule has 1 aliphatic heterocycles. The number of para-hydroxylation sites is 2. The molecule has 1 aromatic heterocycles. The lowest BCUT2D eigenvalue weighted by atomic mass is 10.1. The summed E-state index contributed by atoms with van der Waals surface area (Å²) >= 11 is 1.69. The zero-order valence-corrected chi connectivity index (χ0v) is 18.6. The van der Waals surface area contributed by atoms with E-state index in [4.69, 9.17) is 4.98 Å². The molecule has 2 heterocycles. The van der Waals surface area contributed by atoms with E-state index >= 15 is 0 Å². The summed E-state index contributed by atoms with van der Waals surface area (Å²) in [7, 11) is -3.39. The molecule has 7 heteroatoms. The Labute approximate surface area is 186 Å². The summed E-state index contributed by atoms with van der Waals surface area (Å²) in [5, 5.41) is -0.330. The molecule has 31 heavy (non-hydrogen) atoms. The maximum Gasteiger partial charge on any atom is 0.236 e. The molecule has 0 spiro atoms. The van der Waals surface area contributed by atoms with Gasteiger partial charge in [-0.15, -0.1) is 0 Å². The van der Waals surface area contributed by atoms with Crippen molar-refractivity contribution in [2.24, 2.45) is 0 Å². The van der Waals surface area contributed by atoms with Crippen LogP contribution >= 0.6 is 11.8 Å². The fourth-order valence-electron chi connectivity index (χ4n) is 3.95. The van der Waals surface area contributed by atoms with Crippen LogP contribution < -0.4 is 4.72 Å². The summed E-state index contributed by atoms with van der Waals surface area (Å²) in [5.74, 6) is 2.37. The first-order valence-electron chi connectivity index (χ1n) is 10.3. The second kappa shape index (κ2) is 8.40. The largest absolute Gasteiger partial charge is 0.319 e. The molecule has 1 N–H and O–H groups in total. The van der Waals surface area contributed by atoms with Gasteiger partial charge in [0.1, 0.15) is 5.82 Å². The van der Waals surface area contributed by atoms with Crippen molar-refractivity contribution in [1.82, 2.24) is 9.55 Å². The van der Waals surface area contributed by atoms with Gasteiger partial charge < -0.3 is 4.57 Å². The van der Waals surface area contributed by atoms with Crippen LogP contribution in [-0.4, -0.2) is 34.7 Å². The van der Waals surface area contributed by atoms with Crippen LogP contribution in [0.4, 0.5) is 5.69 Å². The van der Waals surface area contributed by atoms with Crippen LogP contribution in [0.5, 0.6) is 0 Å². The first-order valence-corrected chi connectivity index (χ1v) is 13.0. The van der Waals surface area contributed by atoms with Crippen LogP contribution in [0, 0.1) is 0 Å². The third-order valence-corrected chi connectivity index (χ3v) is 8.72.